The predicted octanol–water partition coefficient (Wildman–Crippen LogP) is 4.80. The third-order valence-corrected chi connectivity index (χ3v) is 5.12. The van der Waals surface area contributed by atoms with Crippen molar-refractivity contribution in [3.05, 3.63) is 93.4 Å². The molecule has 8 nitrogen and oxygen atoms in total. The molecule has 0 spiro atoms. The van der Waals surface area contributed by atoms with E-state index in [0.29, 0.717) is 35.7 Å². The van der Waals surface area contributed by atoms with Crippen molar-refractivity contribution in [1.29, 1.82) is 0 Å². The molecule has 0 aliphatic carbocycles. The maximum atomic E-state index is 13.0. The molecule has 0 saturated carbocycles. The Bertz CT molecular complexity index is 1170. The summed E-state index contributed by atoms with van der Waals surface area (Å²) in [5, 5.41) is 13.6. The highest BCUT2D eigenvalue weighted by molar-refractivity contribution is 6.05. The Hall–Kier alpha value is -4.20. The molecule has 170 valence electrons. The maximum Gasteiger partial charge on any atom is 0.270 e. The number of hydrogen-bond acceptors (Lipinski definition) is 5. The summed E-state index contributed by atoms with van der Waals surface area (Å²) in [5.41, 5.74) is 2.19. The van der Waals surface area contributed by atoms with Crippen LogP contribution in [0, 0.1) is 17.0 Å². The van der Waals surface area contributed by atoms with Crippen molar-refractivity contribution >= 4 is 23.6 Å². The van der Waals surface area contributed by atoms with E-state index in [9.17, 15) is 19.7 Å². The van der Waals surface area contributed by atoms with Gasteiger partial charge in [-0.3, -0.25) is 19.7 Å². The molecule has 3 aromatic rings. The molecule has 1 N–H and O–H groups in total. The molecule has 0 saturated heterocycles. The first-order valence-corrected chi connectivity index (χ1v) is 10.6. The van der Waals surface area contributed by atoms with E-state index in [0.717, 1.165) is 5.56 Å². The number of amides is 2. The summed E-state index contributed by atoms with van der Waals surface area (Å²) in [6, 6.07) is 16.4. The predicted molar refractivity (Wildman–Crippen MR) is 125 cm³/mol. The second-order valence-corrected chi connectivity index (χ2v) is 7.36. The first kappa shape index (κ1) is 23.5. The van der Waals surface area contributed by atoms with E-state index in [1.807, 2.05) is 32.9 Å². The smallest absolute Gasteiger partial charge is 0.270 e. The molecular formula is C25H25N3O5. The summed E-state index contributed by atoms with van der Waals surface area (Å²) in [6.45, 7) is 6.62. The van der Waals surface area contributed by atoms with Gasteiger partial charge in [0.1, 0.15) is 17.2 Å². The molecule has 3 rings (SSSR count). The molecule has 0 fully saturated rings. The molecular weight excluding hydrogens is 422 g/mol. The van der Waals surface area contributed by atoms with E-state index < -0.39 is 10.8 Å². The molecule has 1 heterocycles. The summed E-state index contributed by atoms with van der Waals surface area (Å²) >= 11 is 0. The summed E-state index contributed by atoms with van der Waals surface area (Å²) in [5.74, 6) is 0.122. The zero-order valence-electron chi connectivity index (χ0n) is 18.7. The standard InChI is InChI=1S/C25H25N3O5/c1-4-27(5-2)25(30)22(26-24(29)19-8-6-17(3)7-9-19)16-21-14-15-23(33-21)18-10-12-20(13-11-18)28(31)32/h6-16H,4-5H2,1-3H3,(H,26,29)/b22-16+. The van der Waals surface area contributed by atoms with Crippen LogP contribution in [-0.4, -0.2) is 34.7 Å². The summed E-state index contributed by atoms with van der Waals surface area (Å²) in [4.78, 5) is 37.8. The number of likely N-dealkylation sites (N-methyl/N-ethyl adjacent to an activating group) is 1. The number of nitro groups is 1. The van der Waals surface area contributed by atoms with E-state index in [2.05, 4.69) is 5.32 Å². The SMILES string of the molecule is CCN(CC)C(=O)/C(=C\c1ccc(-c2ccc([N+](=O)[O-])cc2)o1)NC(=O)c1ccc(C)cc1. The Morgan fingerprint density at radius 2 is 1.64 bits per heavy atom. The van der Waals surface area contributed by atoms with Gasteiger partial charge in [0.05, 0.1) is 4.92 Å². The number of carbonyl (C=O) groups is 2. The van der Waals surface area contributed by atoms with E-state index in [-0.39, 0.29) is 17.3 Å². The quantitative estimate of drug-likeness (QED) is 0.303. The average Bonchev–Trinajstić information content (AvgIpc) is 3.28. The molecule has 0 aliphatic heterocycles. The van der Waals surface area contributed by atoms with Crippen LogP contribution in [0.4, 0.5) is 5.69 Å². The number of nitrogens with one attached hydrogen (secondary N) is 1. The largest absolute Gasteiger partial charge is 0.457 e. The summed E-state index contributed by atoms with van der Waals surface area (Å²) in [7, 11) is 0. The number of non-ortho nitro benzene ring substituents is 1. The minimum absolute atomic E-state index is 0.0173. The third kappa shape index (κ3) is 5.74. The van der Waals surface area contributed by atoms with Gasteiger partial charge in [0.15, 0.2) is 0 Å². The lowest BCUT2D eigenvalue weighted by atomic mass is 10.1. The van der Waals surface area contributed by atoms with Crippen molar-refractivity contribution in [2.45, 2.75) is 20.8 Å². The lowest BCUT2D eigenvalue weighted by Crippen LogP contribution is -2.38. The van der Waals surface area contributed by atoms with E-state index in [1.165, 1.54) is 18.2 Å². The number of nitrogens with zero attached hydrogens (tertiary/aromatic N) is 2. The van der Waals surface area contributed by atoms with Crippen LogP contribution in [0.25, 0.3) is 17.4 Å². The van der Waals surface area contributed by atoms with Crippen LogP contribution in [0.1, 0.15) is 35.5 Å². The second kappa shape index (κ2) is 10.4. The molecule has 0 bridgehead atoms. The molecule has 0 unspecified atom stereocenters. The van der Waals surface area contributed by atoms with Crippen LogP contribution in [0.2, 0.25) is 0 Å². The normalized spacial score (nSPS) is 11.2. The van der Waals surface area contributed by atoms with Crippen LogP contribution in [0.5, 0.6) is 0 Å². The van der Waals surface area contributed by atoms with Gasteiger partial charge in [-0.1, -0.05) is 17.7 Å². The maximum absolute atomic E-state index is 13.0. The highest BCUT2D eigenvalue weighted by Gasteiger charge is 2.20. The Balaban J connectivity index is 1.90. The van der Waals surface area contributed by atoms with Gasteiger partial charge < -0.3 is 14.6 Å². The number of aryl methyl sites for hydroxylation is 1. The van der Waals surface area contributed by atoms with Gasteiger partial charge in [0.25, 0.3) is 17.5 Å². The van der Waals surface area contributed by atoms with Crippen LogP contribution in [0.15, 0.2) is 70.8 Å². The van der Waals surface area contributed by atoms with Crippen LogP contribution < -0.4 is 5.32 Å². The fourth-order valence-electron chi connectivity index (χ4n) is 3.21. The van der Waals surface area contributed by atoms with Crippen molar-refractivity contribution in [2.24, 2.45) is 0 Å². The molecule has 0 radical (unpaired) electrons. The van der Waals surface area contributed by atoms with E-state index in [4.69, 9.17) is 4.42 Å². The fourth-order valence-corrected chi connectivity index (χ4v) is 3.21. The van der Waals surface area contributed by atoms with Gasteiger partial charge >= 0.3 is 0 Å². The van der Waals surface area contributed by atoms with Gasteiger partial charge in [0, 0.05) is 42.4 Å². The number of carbonyl (C=O) groups excluding carboxylic acids is 2. The van der Waals surface area contributed by atoms with Crippen molar-refractivity contribution < 1.29 is 18.9 Å². The Morgan fingerprint density at radius 3 is 2.21 bits per heavy atom. The highest BCUT2D eigenvalue weighted by Crippen LogP contribution is 2.25. The molecule has 33 heavy (non-hydrogen) atoms. The Morgan fingerprint density at radius 1 is 1.00 bits per heavy atom. The zero-order chi connectivity index (χ0) is 24.0. The van der Waals surface area contributed by atoms with Gasteiger partial charge in [0.2, 0.25) is 0 Å². The lowest BCUT2D eigenvalue weighted by Gasteiger charge is -2.20. The van der Waals surface area contributed by atoms with Gasteiger partial charge in [-0.2, -0.15) is 0 Å². The van der Waals surface area contributed by atoms with E-state index in [1.54, 1.807) is 41.3 Å². The second-order valence-electron chi connectivity index (χ2n) is 7.36. The molecule has 8 heteroatoms. The molecule has 2 aromatic carbocycles. The summed E-state index contributed by atoms with van der Waals surface area (Å²) < 4.78 is 5.83. The number of nitro benzene ring substituents is 1. The molecule has 2 amide bonds. The van der Waals surface area contributed by atoms with Crippen molar-refractivity contribution in [1.82, 2.24) is 10.2 Å². The number of hydrogen-bond donors (Lipinski definition) is 1. The molecule has 0 aliphatic rings. The third-order valence-electron chi connectivity index (χ3n) is 5.12. The zero-order valence-corrected chi connectivity index (χ0v) is 18.7. The van der Waals surface area contributed by atoms with Crippen molar-refractivity contribution in [3.63, 3.8) is 0 Å². The van der Waals surface area contributed by atoms with E-state index >= 15 is 0 Å². The molecule has 1 aromatic heterocycles. The summed E-state index contributed by atoms with van der Waals surface area (Å²) in [6.07, 6.45) is 1.49. The number of furan rings is 1. The van der Waals surface area contributed by atoms with Crippen LogP contribution in [0.3, 0.4) is 0 Å². The molecule has 0 atom stereocenters. The minimum atomic E-state index is -0.470. The topological polar surface area (TPSA) is 106 Å². The van der Waals surface area contributed by atoms with Gasteiger partial charge in [-0.05, 0) is 57.2 Å². The Kier molecular flexibility index (Phi) is 7.40. The Labute approximate surface area is 191 Å². The number of benzene rings is 2. The highest BCUT2D eigenvalue weighted by atomic mass is 16.6. The number of rotatable bonds is 8. The van der Waals surface area contributed by atoms with Gasteiger partial charge in [-0.25, -0.2) is 0 Å². The fraction of sp³-hybridized carbons (Fsp3) is 0.200. The van der Waals surface area contributed by atoms with Crippen LogP contribution >= 0.6 is 0 Å². The first-order valence-electron chi connectivity index (χ1n) is 10.6. The first-order chi connectivity index (χ1) is 15.8. The van der Waals surface area contributed by atoms with Gasteiger partial charge in [-0.15, -0.1) is 0 Å². The average molecular weight is 447 g/mol. The minimum Gasteiger partial charge on any atom is -0.457 e. The van der Waals surface area contributed by atoms with Crippen molar-refractivity contribution in [3.8, 4) is 11.3 Å². The van der Waals surface area contributed by atoms with Crippen LogP contribution in [-0.2, 0) is 4.79 Å². The lowest BCUT2D eigenvalue weighted by molar-refractivity contribution is -0.384. The van der Waals surface area contributed by atoms with Crippen molar-refractivity contribution in [2.75, 3.05) is 13.1 Å². The monoisotopic (exact) mass is 447 g/mol.